The van der Waals surface area contributed by atoms with E-state index in [9.17, 15) is 10.1 Å². The van der Waals surface area contributed by atoms with E-state index in [1.54, 1.807) is 18.3 Å². The van der Waals surface area contributed by atoms with Gasteiger partial charge in [0.1, 0.15) is 11.9 Å². The summed E-state index contributed by atoms with van der Waals surface area (Å²) in [5.41, 5.74) is 1.41. The minimum Gasteiger partial charge on any atom is -0.355 e. The van der Waals surface area contributed by atoms with Crippen LogP contribution in [0.3, 0.4) is 0 Å². The van der Waals surface area contributed by atoms with Crippen molar-refractivity contribution >= 4 is 17.4 Å². The van der Waals surface area contributed by atoms with E-state index in [1.807, 2.05) is 30.3 Å². The molecule has 5 heteroatoms. The van der Waals surface area contributed by atoms with E-state index in [1.165, 1.54) is 0 Å². The monoisotopic (exact) mass is 306 g/mol. The molecule has 1 aromatic heterocycles. The average molecular weight is 306 g/mol. The number of rotatable bonds is 3. The van der Waals surface area contributed by atoms with E-state index in [4.69, 9.17) is 0 Å². The lowest BCUT2D eigenvalue weighted by Crippen LogP contribution is -2.38. The predicted octanol–water partition coefficient (Wildman–Crippen LogP) is 2.81. The number of amides is 1. The van der Waals surface area contributed by atoms with Gasteiger partial charge in [-0.1, -0.05) is 18.2 Å². The summed E-state index contributed by atoms with van der Waals surface area (Å²) in [6.45, 7) is 1.47. The van der Waals surface area contributed by atoms with E-state index >= 15 is 0 Å². The Bertz CT molecular complexity index is 715. The highest BCUT2D eigenvalue weighted by molar-refractivity contribution is 5.92. The van der Waals surface area contributed by atoms with Crippen LogP contribution in [-0.2, 0) is 4.79 Å². The van der Waals surface area contributed by atoms with Crippen LogP contribution in [0.25, 0.3) is 0 Å². The van der Waals surface area contributed by atoms with Gasteiger partial charge in [0, 0.05) is 30.9 Å². The highest BCUT2D eigenvalue weighted by atomic mass is 16.1. The van der Waals surface area contributed by atoms with Crippen molar-refractivity contribution in [1.29, 1.82) is 5.26 Å². The molecule has 1 saturated heterocycles. The second-order valence-electron chi connectivity index (χ2n) is 5.60. The SMILES string of the molecule is N#Cc1cccnc1N1CCC(C(=O)Nc2ccccc2)CC1. The first kappa shape index (κ1) is 15.0. The molecule has 1 aliphatic rings. The molecule has 3 rings (SSSR count). The van der Waals surface area contributed by atoms with E-state index in [-0.39, 0.29) is 11.8 Å². The Kier molecular flexibility index (Phi) is 4.53. The zero-order chi connectivity index (χ0) is 16.1. The number of hydrogen-bond donors (Lipinski definition) is 1. The quantitative estimate of drug-likeness (QED) is 0.946. The van der Waals surface area contributed by atoms with Crippen molar-refractivity contribution in [1.82, 2.24) is 4.98 Å². The maximum absolute atomic E-state index is 12.3. The molecule has 1 N–H and O–H groups in total. The first-order chi connectivity index (χ1) is 11.3. The van der Waals surface area contributed by atoms with Crippen LogP contribution in [0.4, 0.5) is 11.5 Å². The third kappa shape index (κ3) is 3.49. The number of nitrogens with one attached hydrogen (secondary N) is 1. The first-order valence-corrected chi connectivity index (χ1v) is 7.74. The molecule has 0 atom stereocenters. The van der Waals surface area contributed by atoms with Crippen LogP contribution in [0.5, 0.6) is 0 Å². The third-order valence-corrected chi connectivity index (χ3v) is 4.11. The van der Waals surface area contributed by atoms with Gasteiger partial charge in [-0.2, -0.15) is 5.26 Å². The zero-order valence-corrected chi connectivity index (χ0v) is 12.8. The molecule has 0 spiro atoms. The molecule has 2 heterocycles. The van der Waals surface area contributed by atoms with Gasteiger partial charge in [0.15, 0.2) is 0 Å². The molecule has 1 amide bonds. The van der Waals surface area contributed by atoms with Gasteiger partial charge in [0.2, 0.25) is 5.91 Å². The Balaban J connectivity index is 1.60. The lowest BCUT2D eigenvalue weighted by Gasteiger charge is -2.32. The minimum absolute atomic E-state index is 0.000652. The molecule has 0 aliphatic carbocycles. The van der Waals surface area contributed by atoms with Crippen molar-refractivity contribution in [2.24, 2.45) is 5.92 Å². The van der Waals surface area contributed by atoms with Crippen molar-refractivity contribution < 1.29 is 4.79 Å². The number of nitriles is 1. The van der Waals surface area contributed by atoms with E-state index in [0.29, 0.717) is 5.56 Å². The van der Waals surface area contributed by atoms with Crippen molar-refractivity contribution in [3.63, 3.8) is 0 Å². The molecule has 0 radical (unpaired) electrons. The molecule has 0 bridgehead atoms. The highest BCUT2D eigenvalue weighted by Gasteiger charge is 2.26. The maximum Gasteiger partial charge on any atom is 0.227 e. The van der Waals surface area contributed by atoms with Crippen LogP contribution in [0.2, 0.25) is 0 Å². The Morgan fingerprint density at radius 2 is 1.91 bits per heavy atom. The number of carbonyl (C=O) groups excluding carboxylic acids is 1. The van der Waals surface area contributed by atoms with Crippen molar-refractivity contribution in [2.75, 3.05) is 23.3 Å². The molecule has 116 valence electrons. The largest absolute Gasteiger partial charge is 0.355 e. The molecule has 0 saturated carbocycles. The second-order valence-corrected chi connectivity index (χ2v) is 5.60. The smallest absolute Gasteiger partial charge is 0.227 e. The molecular weight excluding hydrogens is 288 g/mol. The summed E-state index contributed by atoms with van der Waals surface area (Å²) in [5.74, 6) is 0.787. The topological polar surface area (TPSA) is 69.0 Å². The summed E-state index contributed by atoms with van der Waals surface area (Å²) in [6.07, 6.45) is 3.23. The van der Waals surface area contributed by atoms with Crippen LogP contribution < -0.4 is 10.2 Å². The molecule has 23 heavy (non-hydrogen) atoms. The van der Waals surface area contributed by atoms with Gasteiger partial charge >= 0.3 is 0 Å². The number of hydrogen-bond acceptors (Lipinski definition) is 4. The molecule has 2 aromatic rings. The van der Waals surface area contributed by atoms with E-state index < -0.39 is 0 Å². The standard InChI is InChI=1S/C18H18N4O/c19-13-15-5-4-10-20-17(15)22-11-8-14(9-12-22)18(23)21-16-6-2-1-3-7-16/h1-7,10,14H,8-9,11-12H2,(H,21,23). The normalized spacial score (nSPS) is 15.0. The van der Waals surface area contributed by atoms with Crippen LogP contribution in [0.1, 0.15) is 18.4 Å². The lowest BCUT2D eigenvalue weighted by atomic mass is 9.95. The third-order valence-electron chi connectivity index (χ3n) is 4.11. The predicted molar refractivity (Wildman–Crippen MR) is 89.0 cm³/mol. The van der Waals surface area contributed by atoms with Crippen molar-refractivity contribution in [3.8, 4) is 6.07 Å². The fourth-order valence-corrected chi connectivity index (χ4v) is 2.86. The highest BCUT2D eigenvalue weighted by Crippen LogP contribution is 2.25. The summed E-state index contributed by atoms with van der Waals surface area (Å²) < 4.78 is 0. The summed E-state index contributed by atoms with van der Waals surface area (Å²) >= 11 is 0. The van der Waals surface area contributed by atoms with Crippen LogP contribution in [-0.4, -0.2) is 24.0 Å². The average Bonchev–Trinajstić information content (AvgIpc) is 2.62. The number of aromatic nitrogens is 1. The molecule has 1 aliphatic heterocycles. The first-order valence-electron chi connectivity index (χ1n) is 7.74. The number of para-hydroxylation sites is 1. The van der Waals surface area contributed by atoms with Gasteiger partial charge in [-0.15, -0.1) is 0 Å². The summed E-state index contributed by atoms with van der Waals surface area (Å²) in [6, 6.07) is 15.2. The number of benzene rings is 1. The number of pyridine rings is 1. The van der Waals surface area contributed by atoms with Gasteiger partial charge in [-0.05, 0) is 37.1 Å². The van der Waals surface area contributed by atoms with Crippen molar-refractivity contribution in [3.05, 3.63) is 54.2 Å². The fourth-order valence-electron chi connectivity index (χ4n) is 2.86. The number of nitrogens with zero attached hydrogens (tertiary/aromatic N) is 3. The van der Waals surface area contributed by atoms with Crippen LogP contribution >= 0.6 is 0 Å². The molecule has 1 aromatic carbocycles. The van der Waals surface area contributed by atoms with Gasteiger partial charge in [0.05, 0.1) is 5.56 Å². The minimum atomic E-state index is 0.000652. The Labute approximate surface area is 135 Å². The van der Waals surface area contributed by atoms with Crippen LogP contribution in [0.15, 0.2) is 48.7 Å². The Morgan fingerprint density at radius 3 is 2.61 bits per heavy atom. The van der Waals surface area contributed by atoms with Gasteiger partial charge in [-0.25, -0.2) is 4.98 Å². The molecular formula is C18H18N4O. The molecule has 1 fully saturated rings. The van der Waals surface area contributed by atoms with E-state index in [2.05, 4.69) is 21.3 Å². The number of anilines is 2. The summed E-state index contributed by atoms with van der Waals surface area (Å²) in [5, 5.41) is 12.1. The number of piperidine rings is 1. The van der Waals surface area contributed by atoms with E-state index in [0.717, 1.165) is 37.4 Å². The fraction of sp³-hybridized carbons (Fsp3) is 0.278. The van der Waals surface area contributed by atoms with Gasteiger partial charge < -0.3 is 10.2 Å². The summed E-state index contributed by atoms with van der Waals surface area (Å²) in [7, 11) is 0. The lowest BCUT2D eigenvalue weighted by molar-refractivity contribution is -0.120. The zero-order valence-electron chi connectivity index (χ0n) is 12.8. The maximum atomic E-state index is 12.3. The molecule has 5 nitrogen and oxygen atoms in total. The second kappa shape index (κ2) is 6.93. The summed E-state index contributed by atoms with van der Waals surface area (Å²) in [4.78, 5) is 18.7. The Hall–Kier alpha value is -2.87. The van der Waals surface area contributed by atoms with Gasteiger partial charge in [-0.3, -0.25) is 4.79 Å². The van der Waals surface area contributed by atoms with Crippen molar-refractivity contribution in [2.45, 2.75) is 12.8 Å². The number of carbonyl (C=O) groups is 1. The Morgan fingerprint density at radius 1 is 1.17 bits per heavy atom. The van der Waals surface area contributed by atoms with Crippen LogP contribution in [0, 0.1) is 17.2 Å². The van der Waals surface area contributed by atoms with Gasteiger partial charge in [0.25, 0.3) is 0 Å². The molecule has 0 unspecified atom stereocenters.